The van der Waals surface area contributed by atoms with Crippen molar-refractivity contribution in [3.8, 4) is 0 Å². The highest BCUT2D eigenvalue weighted by atomic mass is 19.4. The van der Waals surface area contributed by atoms with Gasteiger partial charge < -0.3 is 30.1 Å². The fraction of sp³-hybridized carbons (Fsp3) is 0.571. The van der Waals surface area contributed by atoms with Crippen molar-refractivity contribution in [2.45, 2.75) is 69.1 Å². The van der Waals surface area contributed by atoms with Crippen LogP contribution in [-0.2, 0) is 34.7 Å². The Balaban J connectivity index is 1.15. The van der Waals surface area contributed by atoms with E-state index >= 15 is 0 Å². The second-order valence-electron chi connectivity index (χ2n) is 13.6. The molecule has 3 fully saturated rings. The summed E-state index contributed by atoms with van der Waals surface area (Å²) in [5.74, 6) is -0.671. The van der Waals surface area contributed by atoms with Crippen LogP contribution >= 0.6 is 0 Å². The van der Waals surface area contributed by atoms with Gasteiger partial charge in [0.2, 0.25) is 0 Å². The largest absolute Gasteiger partial charge is 0.436 e. The summed E-state index contributed by atoms with van der Waals surface area (Å²) < 4.78 is 87.7. The molecule has 3 saturated heterocycles. The topological polar surface area (TPSA) is 97.5 Å². The van der Waals surface area contributed by atoms with E-state index in [1.165, 1.54) is 9.80 Å². The first kappa shape index (κ1) is 36.7. The molecule has 4 heterocycles. The molecule has 16 heteroatoms. The molecule has 1 atom stereocenters. The fourth-order valence-electron chi connectivity index (χ4n) is 7.51. The number of carbonyl (C=O) groups excluding carboxylic acids is 3. The number of hydrogen-bond donors (Lipinski definition) is 2. The number of ether oxygens (including phenoxy) is 1. The van der Waals surface area contributed by atoms with Gasteiger partial charge in [-0.3, -0.25) is 9.69 Å². The van der Waals surface area contributed by atoms with E-state index in [4.69, 9.17) is 4.74 Å². The molecule has 0 aliphatic carbocycles. The van der Waals surface area contributed by atoms with Crippen molar-refractivity contribution in [1.82, 2.24) is 24.9 Å². The highest BCUT2D eigenvalue weighted by Crippen LogP contribution is 2.37. The van der Waals surface area contributed by atoms with Crippen LogP contribution in [0.25, 0.3) is 0 Å². The van der Waals surface area contributed by atoms with E-state index in [2.05, 4.69) is 15.5 Å². The van der Waals surface area contributed by atoms with Gasteiger partial charge in [-0.15, -0.1) is 0 Å². The number of piperidine rings is 2. The summed E-state index contributed by atoms with van der Waals surface area (Å²) in [5, 5.41) is 6.25. The van der Waals surface area contributed by atoms with Gasteiger partial charge in [0.25, 0.3) is 5.91 Å². The van der Waals surface area contributed by atoms with Crippen molar-refractivity contribution in [3.63, 3.8) is 0 Å². The van der Waals surface area contributed by atoms with Crippen molar-refractivity contribution < 1.29 is 45.5 Å². The van der Waals surface area contributed by atoms with Gasteiger partial charge in [-0.05, 0) is 80.6 Å². The number of anilines is 1. The number of urea groups is 1. The third kappa shape index (κ3) is 8.88. The summed E-state index contributed by atoms with van der Waals surface area (Å²) in [4.78, 5) is 47.3. The fourth-order valence-corrected chi connectivity index (χ4v) is 7.51. The molecule has 0 saturated carbocycles. The summed E-state index contributed by atoms with van der Waals surface area (Å²) in [6.07, 6.45) is -9.97. The third-order valence-corrected chi connectivity index (χ3v) is 10.3. The maximum absolute atomic E-state index is 13.9. The van der Waals surface area contributed by atoms with Gasteiger partial charge in [0.1, 0.15) is 0 Å². The molecule has 0 spiro atoms. The van der Waals surface area contributed by atoms with Gasteiger partial charge in [0, 0.05) is 70.0 Å². The number of hydrogen-bond acceptors (Lipinski definition) is 6. The lowest BCUT2D eigenvalue weighted by atomic mass is 9.99. The van der Waals surface area contributed by atoms with Crippen molar-refractivity contribution in [2.75, 3.05) is 64.2 Å². The minimum atomic E-state index is -5.07. The Hall–Kier alpha value is -4.05. The normalized spacial score (nSPS) is 20.7. The number of carbonyl (C=O) groups is 3. The second-order valence-corrected chi connectivity index (χ2v) is 13.6. The van der Waals surface area contributed by atoms with Crippen LogP contribution in [0.2, 0.25) is 0 Å². The number of likely N-dealkylation sites (tertiary alicyclic amines) is 1. The zero-order valence-corrected chi connectivity index (χ0v) is 28.1. The van der Waals surface area contributed by atoms with Gasteiger partial charge in [0.15, 0.2) is 6.10 Å². The second kappa shape index (κ2) is 15.3. The zero-order chi connectivity index (χ0) is 36.3. The molecule has 2 aromatic carbocycles. The lowest BCUT2D eigenvalue weighted by Crippen LogP contribution is -2.56. The van der Waals surface area contributed by atoms with E-state index in [0.29, 0.717) is 57.1 Å². The van der Waals surface area contributed by atoms with E-state index in [0.717, 1.165) is 37.2 Å². The molecule has 2 N–H and O–H groups in total. The summed E-state index contributed by atoms with van der Waals surface area (Å²) >= 11 is 0. The van der Waals surface area contributed by atoms with Crippen molar-refractivity contribution in [3.05, 3.63) is 64.7 Å². The van der Waals surface area contributed by atoms with E-state index in [-0.39, 0.29) is 44.3 Å². The van der Waals surface area contributed by atoms with Crippen LogP contribution in [0.4, 0.5) is 41.6 Å². The molecule has 0 aromatic heterocycles. The molecule has 6 rings (SSSR count). The quantitative estimate of drug-likeness (QED) is 0.397. The van der Waals surface area contributed by atoms with E-state index in [9.17, 15) is 40.7 Å². The van der Waals surface area contributed by atoms with Crippen LogP contribution in [0.3, 0.4) is 0 Å². The van der Waals surface area contributed by atoms with Crippen LogP contribution < -0.4 is 10.6 Å². The predicted molar refractivity (Wildman–Crippen MR) is 175 cm³/mol. The number of alkyl halides is 6. The molecule has 278 valence electrons. The maximum Gasteiger partial charge on any atom is 0.416 e. The van der Waals surface area contributed by atoms with Gasteiger partial charge in [-0.1, -0.05) is 18.2 Å². The van der Waals surface area contributed by atoms with Gasteiger partial charge in [-0.2, -0.15) is 26.3 Å². The molecule has 10 nitrogen and oxygen atoms in total. The SMILES string of the molecule is O=C(OC(Cc1cc(C(F)(F)F)cc(C(F)(F)F)c1)C(=O)N1CCN(C2CCNCC2)CC1)N1CCC(N2CCc3ccccc3NC2=O)CC1. The number of para-hydroxylation sites is 1. The Morgan fingerprint density at radius 1 is 0.784 bits per heavy atom. The Labute approximate surface area is 292 Å². The number of rotatable bonds is 6. The summed E-state index contributed by atoms with van der Waals surface area (Å²) in [6, 6.07) is 8.62. The minimum absolute atomic E-state index is 0.0275. The lowest BCUT2D eigenvalue weighted by Gasteiger charge is -2.41. The molecule has 0 radical (unpaired) electrons. The Kier molecular flexibility index (Phi) is 11.0. The highest BCUT2D eigenvalue weighted by molar-refractivity contribution is 5.91. The number of fused-ring (bicyclic) bond motifs is 1. The number of halogens is 6. The lowest BCUT2D eigenvalue weighted by molar-refractivity contribution is -0.143. The van der Waals surface area contributed by atoms with Crippen LogP contribution in [-0.4, -0.2) is 115 Å². The summed E-state index contributed by atoms with van der Waals surface area (Å²) in [7, 11) is 0. The molecule has 4 aliphatic heterocycles. The third-order valence-electron chi connectivity index (χ3n) is 10.3. The van der Waals surface area contributed by atoms with Gasteiger partial charge in [0.05, 0.1) is 11.1 Å². The number of nitrogens with zero attached hydrogens (tertiary/aromatic N) is 4. The summed E-state index contributed by atoms with van der Waals surface area (Å²) in [6.45, 7) is 4.25. The molecule has 4 amide bonds. The van der Waals surface area contributed by atoms with Crippen molar-refractivity contribution in [2.24, 2.45) is 0 Å². The van der Waals surface area contributed by atoms with Gasteiger partial charge in [-0.25, -0.2) is 9.59 Å². The van der Waals surface area contributed by atoms with Crippen molar-refractivity contribution >= 4 is 23.7 Å². The Morgan fingerprint density at radius 2 is 1.41 bits per heavy atom. The van der Waals surface area contributed by atoms with Crippen LogP contribution in [0.5, 0.6) is 0 Å². The number of amides is 4. The monoisotopic (exact) mass is 724 g/mol. The number of benzene rings is 2. The van der Waals surface area contributed by atoms with E-state index in [1.807, 2.05) is 24.3 Å². The average Bonchev–Trinajstić information content (AvgIpc) is 3.28. The minimum Gasteiger partial charge on any atom is -0.436 e. The van der Waals surface area contributed by atoms with E-state index < -0.39 is 53.6 Å². The first-order valence-corrected chi connectivity index (χ1v) is 17.4. The molecular weight excluding hydrogens is 682 g/mol. The molecule has 1 unspecified atom stereocenters. The molecule has 0 bridgehead atoms. The Morgan fingerprint density at radius 3 is 2.04 bits per heavy atom. The van der Waals surface area contributed by atoms with Crippen LogP contribution in [0.1, 0.15) is 47.9 Å². The predicted octanol–water partition coefficient (Wildman–Crippen LogP) is 5.22. The summed E-state index contributed by atoms with van der Waals surface area (Å²) in [5.41, 5.74) is -1.69. The van der Waals surface area contributed by atoms with Crippen LogP contribution in [0.15, 0.2) is 42.5 Å². The van der Waals surface area contributed by atoms with Crippen LogP contribution in [0, 0.1) is 0 Å². The van der Waals surface area contributed by atoms with Gasteiger partial charge >= 0.3 is 24.5 Å². The average molecular weight is 725 g/mol. The molecule has 51 heavy (non-hydrogen) atoms. The first-order valence-electron chi connectivity index (χ1n) is 17.4. The number of nitrogens with one attached hydrogen (secondary N) is 2. The first-order chi connectivity index (χ1) is 24.3. The smallest absolute Gasteiger partial charge is 0.416 e. The van der Waals surface area contributed by atoms with E-state index in [1.54, 1.807) is 4.90 Å². The van der Waals surface area contributed by atoms with Crippen molar-refractivity contribution in [1.29, 1.82) is 0 Å². The maximum atomic E-state index is 13.9. The molecule has 4 aliphatic rings. The molecular formula is C35H42F6N6O4. The molecule has 2 aromatic rings. The zero-order valence-electron chi connectivity index (χ0n) is 28.1. The number of piperazine rings is 1. The Bertz CT molecular complexity index is 1530. The standard InChI is InChI=1S/C35H42F6N6O4/c36-34(37,38)25-19-23(20-26(22-25)35(39,40)41)21-30(31(48)45-17-15-44(16-18-45)27-5-10-42-11-6-27)51-33(50)46-12-8-28(9-13-46)47-14-7-24-3-1-2-4-29(24)43-32(47)49/h1-4,19-20,22,27-28,30,42H,5-18,21H2,(H,43,49). The highest BCUT2D eigenvalue weighted by Gasteiger charge is 2.39.